The molecule has 1 saturated heterocycles. The molecule has 5 nitrogen and oxygen atoms in total. The molecule has 0 radical (unpaired) electrons. The van der Waals surface area contributed by atoms with Crippen molar-refractivity contribution in [2.75, 3.05) is 37.7 Å². The number of alkyl halides is 3. The van der Waals surface area contributed by atoms with Crippen LogP contribution in [-0.4, -0.2) is 49.8 Å². The normalized spacial score (nSPS) is 19.5. The molecule has 2 aliphatic heterocycles. The number of rotatable bonds is 3. The predicted octanol–water partition coefficient (Wildman–Crippen LogP) is 3.33. The SMILES string of the molecule is O=C(C1CN(Cc2ccc(C(F)(F)F)cc2)c2ccccc2O1)N1CCOCC1. The molecule has 8 heteroatoms. The smallest absolute Gasteiger partial charge is 0.416 e. The Hall–Kier alpha value is -2.74. The number of nitrogens with zero attached hydrogens (tertiary/aromatic N) is 2. The number of carbonyl (C=O) groups is 1. The maximum atomic E-state index is 12.9. The molecule has 0 aliphatic carbocycles. The number of ether oxygens (including phenoxy) is 2. The van der Waals surface area contributed by atoms with Crippen LogP contribution in [0.2, 0.25) is 0 Å². The fraction of sp³-hybridized carbons (Fsp3) is 0.381. The number of para-hydroxylation sites is 2. The van der Waals surface area contributed by atoms with Gasteiger partial charge in [0.1, 0.15) is 5.75 Å². The van der Waals surface area contributed by atoms with E-state index in [1.54, 1.807) is 11.0 Å². The third kappa shape index (κ3) is 4.32. The monoisotopic (exact) mass is 406 g/mol. The fourth-order valence-electron chi connectivity index (χ4n) is 3.59. The molecule has 0 saturated carbocycles. The number of morpholine rings is 1. The third-order valence-corrected chi connectivity index (χ3v) is 5.11. The van der Waals surface area contributed by atoms with Gasteiger partial charge in [-0.05, 0) is 29.8 Å². The summed E-state index contributed by atoms with van der Waals surface area (Å²) in [6.45, 7) is 2.77. The van der Waals surface area contributed by atoms with Gasteiger partial charge in [-0.15, -0.1) is 0 Å². The summed E-state index contributed by atoms with van der Waals surface area (Å²) < 4.78 is 49.7. The molecule has 4 rings (SSSR count). The van der Waals surface area contributed by atoms with Crippen LogP contribution in [0.5, 0.6) is 5.75 Å². The van der Waals surface area contributed by atoms with Gasteiger partial charge in [-0.1, -0.05) is 24.3 Å². The Labute approximate surface area is 166 Å². The van der Waals surface area contributed by atoms with Gasteiger partial charge in [0.25, 0.3) is 5.91 Å². The molecular weight excluding hydrogens is 385 g/mol. The molecule has 2 aliphatic rings. The fourth-order valence-corrected chi connectivity index (χ4v) is 3.59. The van der Waals surface area contributed by atoms with Crippen molar-refractivity contribution in [3.05, 3.63) is 59.7 Å². The Morgan fingerprint density at radius 2 is 1.72 bits per heavy atom. The highest BCUT2D eigenvalue weighted by Crippen LogP contribution is 2.35. The lowest BCUT2D eigenvalue weighted by atomic mass is 10.1. The van der Waals surface area contributed by atoms with Crippen molar-refractivity contribution in [2.24, 2.45) is 0 Å². The highest BCUT2D eigenvalue weighted by molar-refractivity contribution is 5.83. The molecule has 1 atom stereocenters. The van der Waals surface area contributed by atoms with Gasteiger partial charge in [0.2, 0.25) is 0 Å². The summed E-state index contributed by atoms with van der Waals surface area (Å²) in [5.74, 6) is 0.498. The van der Waals surface area contributed by atoms with Crippen LogP contribution in [0.15, 0.2) is 48.5 Å². The summed E-state index contributed by atoms with van der Waals surface area (Å²) in [4.78, 5) is 16.6. The number of halogens is 3. The first kappa shape index (κ1) is 19.6. The molecular formula is C21H21F3N2O3. The van der Waals surface area contributed by atoms with Crippen LogP contribution in [-0.2, 0) is 22.3 Å². The van der Waals surface area contributed by atoms with E-state index in [1.807, 2.05) is 23.1 Å². The van der Waals surface area contributed by atoms with Crippen molar-refractivity contribution in [2.45, 2.75) is 18.8 Å². The molecule has 1 fully saturated rings. The predicted molar refractivity (Wildman–Crippen MR) is 101 cm³/mol. The van der Waals surface area contributed by atoms with Crippen LogP contribution in [0.1, 0.15) is 11.1 Å². The molecule has 0 bridgehead atoms. The van der Waals surface area contributed by atoms with Crippen molar-refractivity contribution in [3.8, 4) is 5.75 Å². The average molecular weight is 406 g/mol. The Morgan fingerprint density at radius 3 is 2.41 bits per heavy atom. The second-order valence-corrected chi connectivity index (χ2v) is 7.09. The van der Waals surface area contributed by atoms with Crippen molar-refractivity contribution in [3.63, 3.8) is 0 Å². The van der Waals surface area contributed by atoms with Gasteiger partial charge >= 0.3 is 6.18 Å². The Morgan fingerprint density at radius 1 is 1.03 bits per heavy atom. The number of benzene rings is 2. The molecule has 2 aromatic carbocycles. The Balaban J connectivity index is 1.54. The minimum atomic E-state index is -4.36. The van der Waals surface area contributed by atoms with Crippen LogP contribution < -0.4 is 9.64 Å². The number of carbonyl (C=O) groups excluding carboxylic acids is 1. The topological polar surface area (TPSA) is 42.0 Å². The lowest BCUT2D eigenvalue weighted by Gasteiger charge is -2.38. The van der Waals surface area contributed by atoms with Crippen molar-refractivity contribution >= 4 is 11.6 Å². The van der Waals surface area contributed by atoms with E-state index < -0.39 is 17.8 Å². The van der Waals surface area contributed by atoms with E-state index in [-0.39, 0.29) is 5.91 Å². The summed E-state index contributed by atoms with van der Waals surface area (Å²) in [5, 5.41) is 0. The first-order chi connectivity index (χ1) is 13.9. The number of anilines is 1. The molecule has 29 heavy (non-hydrogen) atoms. The van der Waals surface area contributed by atoms with E-state index in [2.05, 4.69) is 0 Å². The zero-order valence-electron chi connectivity index (χ0n) is 15.7. The van der Waals surface area contributed by atoms with Crippen LogP contribution in [0.4, 0.5) is 18.9 Å². The lowest BCUT2D eigenvalue weighted by molar-refractivity contribution is -0.142. The van der Waals surface area contributed by atoms with Gasteiger partial charge in [-0.25, -0.2) is 0 Å². The summed E-state index contributed by atoms with van der Waals surface area (Å²) >= 11 is 0. The number of hydrogen-bond acceptors (Lipinski definition) is 4. The largest absolute Gasteiger partial charge is 0.477 e. The zero-order valence-corrected chi connectivity index (χ0v) is 15.7. The molecule has 0 aromatic heterocycles. The van der Waals surface area contributed by atoms with Gasteiger partial charge in [0.15, 0.2) is 6.10 Å². The van der Waals surface area contributed by atoms with E-state index in [0.717, 1.165) is 23.4 Å². The molecule has 2 heterocycles. The molecule has 1 unspecified atom stereocenters. The van der Waals surface area contributed by atoms with Gasteiger partial charge in [0.05, 0.1) is 31.0 Å². The van der Waals surface area contributed by atoms with Crippen LogP contribution in [0.25, 0.3) is 0 Å². The van der Waals surface area contributed by atoms with Gasteiger partial charge < -0.3 is 19.3 Å². The van der Waals surface area contributed by atoms with E-state index in [1.165, 1.54) is 12.1 Å². The maximum absolute atomic E-state index is 12.9. The second-order valence-electron chi connectivity index (χ2n) is 7.09. The van der Waals surface area contributed by atoms with Crippen molar-refractivity contribution < 1.29 is 27.4 Å². The van der Waals surface area contributed by atoms with Crippen LogP contribution in [0.3, 0.4) is 0 Å². The van der Waals surface area contributed by atoms with Crippen LogP contribution >= 0.6 is 0 Å². The minimum absolute atomic E-state index is 0.0970. The van der Waals surface area contributed by atoms with Gasteiger partial charge in [0, 0.05) is 19.6 Å². The minimum Gasteiger partial charge on any atom is -0.477 e. The van der Waals surface area contributed by atoms with Crippen LogP contribution in [0, 0.1) is 0 Å². The molecule has 0 spiro atoms. The highest BCUT2D eigenvalue weighted by atomic mass is 19.4. The van der Waals surface area contributed by atoms with Crippen molar-refractivity contribution in [1.82, 2.24) is 4.90 Å². The molecule has 1 amide bonds. The van der Waals surface area contributed by atoms with E-state index in [4.69, 9.17) is 9.47 Å². The third-order valence-electron chi connectivity index (χ3n) is 5.11. The average Bonchev–Trinajstić information content (AvgIpc) is 2.73. The number of hydrogen-bond donors (Lipinski definition) is 0. The lowest BCUT2D eigenvalue weighted by Crippen LogP contribution is -2.52. The maximum Gasteiger partial charge on any atom is 0.416 e. The Kier molecular flexibility index (Phi) is 5.36. The summed E-state index contributed by atoms with van der Waals surface area (Å²) in [6, 6.07) is 12.5. The van der Waals surface area contributed by atoms with Crippen molar-refractivity contribution in [1.29, 1.82) is 0 Å². The second kappa shape index (κ2) is 7.94. The first-order valence-corrected chi connectivity index (χ1v) is 9.45. The molecule has 0 N–H and O–H groups in total. The van der Waals surface area contributed by atoms with E-state index in [0.29, 0.717) is 45.1 Å². The molecule has 154 valence electrons. The highest BCUT2D eigenvalue weighted by Gasteiger charge is 2.34. The van der Waals surface area contributed by atoms with E-state index in [9.17, 15) is 18.0 Å². The van der Waals surface area contributed by atoms with Gasteiger partial charge in [-0.3, -0.25) is 4.79 Å². The van der Waals surface area contributed by atoms with E-state index >= 15 is 0 Å². The quantitative estimate of drug-likeness (QED) is 0.784. The Bertz CT molecular complexity index is 864. The standard InChI is InChI=1S/C21H21F3N2O3/c22-21(23,24)16-7-5-15(6-8-16)13-26-14-19(20(27)25-9-11-28-12-10-25)29-18-4-2-1-3-17(18)26/h1-8,19H,9-14H2. The first-order valence-electron chi connectivity index (χ1n) is 9.45. The summed E-state index contributed by atoms with van der Waals surface area (Å²) in [7, 11) is 0. The number of fused-ring (bicyclic) bond motifs is 1. The summed E-state index contributed by atoms with van der Waals surface area (Å²) in [6.07, 6.45) is -5.03. The summed E-state index contributed by atoms with van der Waals surface area (Å²) in [5.41, 5.74) is 0.870. The van der Waals surface area contributed by atoms with Gasteiger partial charge in [-0.2, -0.15) is 13.2 Å². The zero-order chi connectivity index (χ0) is 20.4. The number of amides is 1. The molecule has 2 aromatic rings.